The molecule has 1 unspecified atom stereocenters. The zero-order chi connectivity index (χ0) is 14.4. The van der Waals surface area contributed by atoms with Crippen molar-refractivity contribution >= 4 is 5.96 Å². The van der Waals surface area contributed by atoms with Crippen LogP contribution in [0.4, 0.5) is 0 Å². The molecule has 1 aliphatic heterocycles. The molecule has 0 amide bonds. The Morgan fingerprint density at radius 2 is 2.00 bits per heavy atom. The first-order valence-electron chi connectivity index (χ1n) is 7.77. The number of nitrogens with one attached hydrogen (secondary N) is 2. The molecule has 114 valence electrons. The van der Waals surface area contributed by atoms with E-state index in [1.54, 1.807) is 0 Å². The van der Waals surface area contributed by atoms with Crippen molar-refractivity contribution in [2.24, 2.45) is 4.99 Å². The molecule has 1 heterocycles. The first-order valence-corrected chi connectivity index (χ1v) is 7.77. The minimum atomic E-state index is 0.513. The Balaban J connectivity index is 1.86. The SMILES string of the molecule is CCNC(=NCC1CN(C)CCN1C)NC1CC=CC1. The molecular weight excluding hydrogens is 250 g/mol. The molecule has 2 aliphatic rings. The molecular formula is C15H29N5. The van der Waals surface area contributed by atoms with Gasteiger partial charge in [-0.2, -0.15) is 0 Å². The van der Waals surface area contributed by atoms with E-state index in [1.165, 1.54) is 0 Å². The topological polar surface area (TPSA) is 42.9 Å². The zero-order valence-corrected chi connectivity index (χ0v) is 13.1. The summed E-state index contributed by atoms with van der Waals surface area (Å²) in [7, 11) is 4.39. The molecule has 20 heavy (non-hydrogen) atoms. The highest BCUT2D eigenvalue weighted by molar-refractivity contribution is 5.80. The fourth-order valence-corrected chi connectivity index (χ4v) is 2.74. The number of rotatable bonds is 4. The second-order valence-electron chi connectivity index (χ2n) is 5.90. The molecule has 1 fully saturated rings. The number of hydrogen-bond donors (Lipinski definition) is 2. The van der Waals surface area contributed by atoms with Crippen LogP contribution in [0.1, 0.15) is 19.8 Å². The van der Waals surface area contributed by atoms with Crippen LogP contribution in [0, 0.1) is 0 Å². The lowest BCUT2D eigenvalue weighted by Gasteiger charge is -2.37. The third-order valence-corrected chi connectivity index (χ3v) is 4.13. The van der Waals surface area contributed by atoms with Gasteiger partial charge in [0, 0.05) is 38.3 Å². The van der Waals surface area contributed by atoms with Crippen molar-refractivity contribution in [3.63, 3.8) is 0 Å². The summed E-state index contributed by atoms with van der Waals surface area (Å²) in [5.41, 5.74) is 0. The van der Waals surface area contributed by atoms with Crippen molar-refractivity contribution < 1.29 is 0 Å². The van der Waals surface area contributed by atoms with E-state index in [0.29, 0.717) is 12.1 Å². The molecule has 0 saturated carbocycles. The Kier molecular flexibility index (Phi) is 5.86. The van der Waals surface area contributed by atoms with Crippen molar-refractivity contribution in [3.05, 3.63) is 12.2 Å². The minimum absolute atomic E-state index is 0.513. The maximum absolute atomic E-state index is 4.78. The van der Waals surface area contributed by atoms with Crippen molar-refractivity contribution in [3.8, 4) is 0 Å². The highest BCUT2D eigenvalue weighted by Gasteiger charge is 2.22. The molecule has 0 aromatic heterocycles. The van der Waals surface area contributed by atoms with Crippen molar-refractivity contribution in [2.45, 2.75) is 31.8 Å². The van der Waals surface area contributed by atoms with Crippen LogP contribution in [0.3, 0.4) is 0 Å². The van der Waals surface area contributed by atoms with Gasteiger partial charge in [0.2, 0.25) is 0 Å². The standard InChI is InChI=1S/C15H29N5/c1-4-16-15(18-13-7-5-6-8-13)17-11-14-12-19(2)9-10-20(14)3/h5-6,13-14H,4,7-12H2,1-3H3,(H2,16,17,18). The van der Waals surface area contributed by atoms with Gasteiger partial charge in [-0.3, -0.25) is 9.89 Å². The second kappa shape index (κ2) is 7.64. The number of hydrogen-bond acceptors (Lipinski definition) is 3. The third-order valence-electron chi connectivity index (χ3n) is 4.13. The number of nitrogens with zero attached hydrogens (tertiary/aromatic N) is 3. The lowest BCUT2D eigenvalue weighted by molar-refractivity contribution is 0.119. The number of aliphatic imine (C=N–C) groups is 1. The highest BCUT2D eigenvalue weighted by Crippen LogP contribution is 2.09. The maximum Gasteiger partial charge on any atom is 0.191 e. The van der Waals surface area contributed by atoms with Gasteiger partial charge in [-0.25, -0.2) is 0 Å². The number of likely N-dealkylation sites (N-methyl/N-ethyl adjacent to an activating group) is 2. The van der Waals surface area contributed by atoms with Crippen LogP contribution in [-0.4, -0.2) is 74.7 Å². The van der Waals surface area contributed by atoms with E-state index < -0.39 is 0 Å². The average molecular weight is 279 g/mol. The van der Waals surface area contributed by atoms with Gasteiger partial charge in [-0.1, -0.05) is 12.2 Å². The highest BCUT2D eigenvalue weighted by atomic mass is 15.3. The van der Waals surface area contributed by atoms with Gasteiger partial charge in [0.15, 0.2) is 5.96 Å². The molecule has 0 radical (unpaired) electrons. The van der Waals surface area contributed by atoms with Crippen molar-refractivity contribution in [1.82, 2.24) is 20.4 Å². The smallest absolute Gasteiger partial charge is 0.191 e. The van der Waals surface area contributed by atoms with Crippen LogP contribution in [-0.2, 0) is 0 Å². The van der Waals surface area contributed by atoms with E-state index in [2.05, 4.69) is 53.6 Å². The quantitative estimate of drug-likeness (QED) is 0.447. The first-order chi connectivity index (χ1) is 9.69. The summed E-state index contributed by atoms with van der Waals surface area (Å²) < 4.78 is 0. The van der Waals surface area contributed by atoms with Gasteiger partial charge in [0.25, 0.3) is 0 Å². The summed E-state index contributed by atoms with van der Waals surface area (Å²) in [6.45, 7) is 7.27. The maximum atomic E-state index is 4.78. The Morgan fingerprint density at radius 3 is 2.70 bits per heavy atom. The summed E-state index contributed by atoms with van der Waals surface area (Å²) in [5, 5.41) is 6.88. The Morgan fingerprint density at radius 1 is 1.25 bits per heavy atom. The molecule has 1 saturated heterocycles. The first kappa shape index (κ1) is 15.3. The van der Waals surface area contributed by atoms with Crippen molar-refractivity contribution in [1.29, 1.82) is 0 Å². The molecule has 2 N–H and O–H groups in total. The Bertz CT molecular complexity index is 344. The van der Waals surface area contributed by atoms with Crippen LogP contribution in [0.5, 0.6) is 0 Å². The zero-order valence-electron chi connectivity index (χ0n) is 13.1. The second-order valence-corrected chi connectivity index (χ2v) is 5.90. The summed E-state index contributed by atoms with van der Waals surface area (Å²) in [6, 6.07) is 1.03. The predicted octanol–water partition coefficient (Wildman–Crippen LogP) is 0.506. The normalized spacial score (nSPS) is 26.1. The largest absolute Gasteiger partial charge is 0.357 e. The van der Waals surface area contributed by atoms with E-state index >= 15 is 0 Å². The van der Waals surface area contributed by atoms with Gasteiger partial charge in [0.1, 0.15) is 0 Å². The molecule has 5 nitrogen and oxygen atoms in total. The average Bonchev–Trinajstić information content (AvgIpc) is 2.93. The van der Waals surface area contributed by atoms with E-state index in [0.717, 1.165) is 51.5 Å². The molecule has 1 aliphatic carbocycles. The molecule has 2 rings (SSSR count). The molecule has 0 aromatic rings. The number of guanidine groups is 1. The third kappa shape index (κ3) is 4.49. The van der Waals surface area contributed by atoms with E-state index in [4.69, 9.17) is 4.99 Å². The van der Waals surface area contributed by atoms with E-state index in [9.17, 15) is 0 Å². The van der Waals surface area contributed by atoms with Crippen molar-refractivity contribution in [2.75, 3.05) is 46.8 Å². The van der Waals surface area contributed by atoms with Crippen LogP contribution < -0.4 is 10.6 Å². The Labute approximate surface area is 123 Å². The van der Waals surface area contributed by atoms with Gasteiger partial charge in [-0.05, 0) is 33.9 Å². The fraction of sp³-hybridized carbons (Fsp3) is 0.800. The predicted molar refractivity (Wildman–Crippen MR) is 85.2 cm³/mol. The lowest BCUT2D eigenvalue weighted by Crippen LogP contribution is -2.52. The van der Waals surface area contributed by atoms with Gasteiger partial charge >= 0.3 is 0 Å². The summed E-state index contributed by atoms with van der Waals surface area (Å²) in [5.74, 6) is 0.961. The van der Waals surface area contributed by atoms with Crippen LogP contribution in [0.2, 0.25) is 0 Å². The summed E-state index contributed by atoms with van der Waals surface area (Å²) in [6.07, 6.45) is 6.70. The fourth-order valence-electron chi connectivity index (χ4n) is 2.74. The van der Waals surface area contributed by atoms with E-state index in [1.807, 2.05) is 0 Å². The lowest BCUT2D eigenvalue weighted by atomic mass is 10.2. The summed E-state index contributed by atoms with van der Waals surface area (Å²) >= 11 is 0. The molecule has 1 atom stereocenters. The molecule has 0 aromatic carbocycles. The molecule has 0 spiro atoms. The molecule has 0 bridgehead atoms. The van der Waals surface area contributed by atoms with Crippen LogP contribution in [0.25, 0.3) is 0 Å². The summed E-state index contributed by atoms with van der Waals surface area (Å²) in [4.78, 5) is 9.59. The monoisotopic (exact) mass is 279 g/mol. The van der Waals surface area contributed by atoms with Crippen LogP contribution >= 0.6 is 0 Å². The molecule has 5 heteroatoms. The number of piperazine rings is 1. The van der Waals surface area contributed by atoms with Gasteiger partial charge < -0.3 is 15.5 Å². The van der Waals surface area contributed by atoms with Gasteiger partial charge in [0.05, 0.1) is 6.54 Å². The van der Waals surface area contributed by atoms with E-state index in [-0.39, 0.29) is 0 Å². The Hall–Kier alpha value is -1.07. The van der Waals surface area contributed by atoms with Crippen LogP contribution in [0.15, 0.2) is 17.1 Å². The minimum Gasteiger partial charge on any atom is -0.357 e. The van der Waals surface area contributed by atoms with Gasteiger partial charge in [-0.15, -0.1) is 0 Å².